The van der Waals surface area contributed by atoms with Gasteiger partial charge in [0, 0.05) is 13.1 Å². The van der Waals surface area contributed by atoms with Gasteiger partial charge in [-0.25, -0.2) is 8.78 Å². The molecule has 106 valence electrons. The number of amides is 1. The van der Waals surface area contributed by atoms with E-state index in [0.29, 0.717) is 4.90 Å². The summed E-state index contributed by atoms with van der Waals surface area (Å²) in [5, 5.41) is 8.94. The minimum atomic E-state index is -4.71. The van der Waals surface area contributed by atoms with Crippen molar-refractivity contribution in [2.24, 2.45) is 0 Å². The van der Waals surface area contributed by atoms with Gasteiger partial charge >= 0.3 is 12.3 Å². The third-order valence-electron chi connectivity index (χ3n) is 2.53. The van der Waals surface area contributed by atoms with E-state index in [2.05, 4.69) is 0 Å². The van der Waals surface area contributed by atoms with E-state index in [1.54, 1.807) is 0 Å². The molecule has 1 amide bonds. The number of carbonyl (C=O) groups excluding carboxylic acids is 1. The van der Waals surface area contributed by atoms with E-state index in [0.717, 1.165) is 0 Å². The Morgan fingerprint density at radius 1 is 1.56 bits per heavy atom. The SMILES string of the molecule is CC1(C)CN(C(=O)C(F)(F)C(F)F)CC(CO)O1. The van der Waals surface area contributed by atoms with Crippen LogP contribution in [0.2, 0.25) is 0 Å². The standard InChI is InChI=1S/C10H15F4NO3/c1-9(2)5-15(3-6(4-16)18-9)8(17)10(13,14)7(11)12/h6-7,16H,3-5H2,1-2H3. The van der Waals surface area contributed by atoms with Crippen LogP contribution in [0.15, 0.2) is 0 Å². The number of hydrogen-bond donors (Lipinski definition) is 1. The van der Waals surface area contributed by atoms with Crippen LogP contribution in [0, 0.1) is 0 Å². The van der Waals surface area contributed by atoms with E-state index < -0.39 is 36.6 Å². The molecule has 0 aromatic carbocycles. The molecule has 1 aliphatic heterocycles. The number of ether oxygens (including phenoxy) is 1. The fourth-order valence-electron chi connectivity index (χ4n) is 1.85. The van der Waals surface area contributed by atoms with Gasteiger partial charge in [0.2, 0.25) is 0 Å². The first-order valence-electron chi connectivity index (χ1n) is 5.34. The van der Waals surface area contributed by atoms with Gasteiger partial charge in [0.05, 0.1) is 18.3 Å². The molecule has 1 saturated heterocycles. The zero-order valence-electron chi connectivity index (χ0n) is 10.00. The molecule has 0 bridgehead atoms. The maximum atomic E-state index is 13.0. The lowest BCUT2D eigenvalue weighted by Gasteiger charge is -2.43. The molecular formula is C10H15F4NO3. The third kappa shape index (κ3) is 3.11. The Balaban J connectivity index is 2.85. The predicted octanol–water partition coefficient (Wildman–Crippen LogP) is 0.885. The summed E-state index contributed by atoms with van der Waals surface area (Å²) in [6.45, 7) is 2.00. The molecule has 0 radical (unpaired) electrons. The number of halogens is 4. The lowest BCUT2D eigenvalue weighted by molar-refractivity contribution is -0.199. The van der Waals surface area contributed by atoms with Crippen LogP contribution >= 0.6 is 0 Å². The minimum Gasteiger partial charge on any atom is -0.394 e. The molecule has 0 saturated carbocycles. The molecule has 0 aromatic heterocycles. The highest BCUT2D eigenvalue weighted by Gasteiger charge is 2.53. The van der Waals surface area contributed by atoms with Crippen LogP contribution in [0.5, 0.6) is 0 Å². The number of aliphatic hydroxyl groups excluding tert-OH is 1. The van der Waals surface area contributed by atoms with Crippen molar-refractivity contribution < 1.29 is 32.2 Å². The van der Waals surface area contributed by atoms with Crippen LogP contribution in [0.1, 0.15) is 13.8 Å². The smallest absolute Gasteiger partial charge is 0.383 e. The first-order chi connectivity index (χ1) is 8.10. The van der Waals surface area contributed by atoms with E-state index in [1.807, 2.05) is 0 Å². The normalized spacial score (nSPS) is 24.4. The van der Waals surface area contributed by atoms with Crippen LogP contribution < -0.4 is 0 Å². The second-order valence-electron chi connectivity index (χ2n) is 4.79. The molecule has 1 aliphatic rings. The monoisotopic (exact) mass is 273 g/mol. The van der Waals surface area contributed by atoms with Crippen molar-refractivity contribution in [2.75, 3.05) is 19.7 Å². The second kappa shape index (κ2) is 5.00. The van der Waals surface area contributed by atoms with E-state index in [9.17, 15) is 22.4 Å². The summed E-state index contributed by atoms with van der Waals surface area (Å²) in [6.07, 6.45) is -4.91. The number of alkyl halides is 4. The average Bonchev–Trinajstić information content (AvgIpc) is 2.25. The zero-order valence-corrected chi connectivity index (χ0v) is 10.00. The maximum Gasteiger partial charge on any atom is 0.383 e. The van der Waals surface area contributed by atoms with E-state index >= 15 is 0 Å². The van der Waals surface area contributed by atoms with E-state index in [1.165, 1.54) is 13.8 Å². The molecule has 0 aliphatic carbocycles. The Hall–Kier alpha value is -0.890. The summed E-state index contributed by atoms with van der Waals surface area (Å²) in [7, 11) is 0. The highest BCUT2D eigenvalue weighted by molar-refractivity contribution is 5.84. The molecule has 0 spiro atoms. The summed E-state index contributed by atoms with van der Waals surface area (Å²) in [4.78, 5) is 12.0. The third-order valence-corrected chi connectivity index (χ3v) is 2.53. The topological polar surface area (TPSA) is 49.8 Å². The van der Waals surface area contributed by atoms with Crippen molar-refractivity contribution in [1.82, 2.24) is 4.90 Å². The number of nitrogens with zero attached hydrogens (tertiary/aromatic N) is 1. The molecule has 1 rings (SSSR count). The Labute approximate surface area is 102 Å². The second-order valence-corrected chi connectivity index (χ2v) is 4.79. The van der Waals surface area contributed by atoms with Gasteiger partial charge in [-0.05, 0) is 13.8 Å². The lowest BCUT2D eigenvalue weighted by Crippen LogP contribution is -2.59. The summed E-state index contributed by atoms with van der Waals surface area (Å²) in [6, 6.07) is 0. The van der Waals surface area contributed by atoms with Crippen LogP contribution in [0.3, 0.4) is 0 Å². The molecule has 1 fully saturated rings. The highest BCUT2D eigenvalue weighted by atomic mass is 19.3. The molecule has 1 unspecified atom stereocenters. The minimum absolute atomic E-state index is 0.232. The highest BCUT2D eigenvalue weighted by Crippen LogP contribution is 2.29. The van der Waals surface area contributed by atoms with E-state index in [4.69, 9.17) is 9.84 Å². The van der Waals surface area contributed by atoms with Crippen molar-refractivity contribution in [2.45, 2.75) is 37.9 Å². The van der Waals surface area contributed by atoms with Crippen LogP contribution in [-0.2, 0) is 9.53 Å². The summed E-state index contributed by atoms with van der Waals surface area (Å²) >= 11 is 0. The molecule has 8 heteroatoms. The molecule has 1 N–H and O–H groups in total. The summed E-state index contributed by atoms with van der Waals surface area (Å²) in [5.74, 6) is -6.65. The Bertz CT molecular complexity index is 322. The van der Waals surface area contributed by atoms with Crippen molar-refractivity contribution in [3.63, 3.8) is 0 Å². The zero-order chi connectivity index (χ0) is 14.1. The first kappa shape index (κ1) is 15.2. The Kier molecular flexibility index (Phi) is 4.22. The number of aliphatic hydroxyl groups is 1. The van der Waals surface area contributed by atoms with Crippen LogP contribution in [-0.4, -0.2) is 59.7 Å². The number of hydrogen-bond acceptors (Lipinski definition) is 3. The summed E-state index contributed by atoms with van der Waals surface area (Å²) in [5.41, 5.74) is -0.973. The maximum absolute atomic E-state index is 13.0. The van der Waals surface area contributed by atoms with Gasteiger partial charge in [-0.15, -0.1) is 0 Å². The number of rotatable bonds is 3. The van der Waals surface area contributed by atoms with Crippen LogP contribution in [0.4, 0.5) is 17.6 Å². The van der Waals surface area contributed by atoms with Gasteiger partial charge in [0.1, 0.15) is 0 Å². The van der Waals surface area contributed by atoms with Crippen molar-refractivity contribution >= 4 is 5.91 Å². The van der Waals surface area contributed by atoms with Crippen molar-refractivity contribution in [1.29, 1.82) is 0 Å². The molecule has 1 heterocycles. The summed E-state index contributed by atoms with van der Waals surface area (Å²) < 4.78 is 55.4. The quantitative estimate of drug-likeness (QED) is 0.777. The van der Waals surface area contributed by atoms with Gasteiger partial charge in [0.15, 0.2) is 0 Å². The van der Waals surface area contributed by atoms with Crippen molar-refractivity contribution in [3.05, 3.63) is 0 Å². The van der Waals surface area contributed by atoms with Crippen molar-refractivity contribution in [3.8, 4) is 0 Å². The molecular weight excluding hydrogens is 258 g/mol. The largest absolute Gasteiger partial charge is 0.394 e. The van der Waals surface area contributed by atoms with Gasteiger partial charge in [-0.1, -0.05) is 0 Å². The van der Waals surface area contributed by atoms with Gasteiger partial charge < -0.3 is 14.7 Å². The first-order valence-corrected chi connectivity index (χ1v) is 5.34. The number of carbonyl (C=O) groups is 1. The lowest BCUT2D eigenvalue weighted by atomic mass is 10.0. The van der Waals surface area contributed by atoms with Gasteiger partial charge in [-0.3, -0.25) is 4.79 Å². The van der Waals surface area contributed by atoms with E-state index in [-0.39, 0.29) is 13.1 Å². The van der Waals surface area contributed by atoms with Gasteiger partial charge in [0.25, 0.3) is 5.91 Å². The predicted molar refractivity (Wildman–Crippen MR) is 53.6 cm³/mol. The molecule has 0 aromatic rings. The van der Waals surface area contributed by atoms with Gasteiger partial charge in [-0.2, -0.15) is 8.78 Å². The Morgan fingerprint density at radius 3 is 2.56 bits per heavy atom. The van der Waals surface area contributed by atoms with Crippen LogP contribution in [0.25, 0.3) is 0 Å². The average molecular weight is 273 g/mol. The molecule has 4 nitrogen and oxygen atoms in total. The Morgan fingerprint density at radius 2 is 2.11 bits per heavy atom. The fraction of sp³-hybridized carbons (Fsp3) is 0.900. The molecule has 1 atom stereocenters. The fourth-order valence-corrected chi connectivity index (χ4v) is 1.85. The molecule has 18 heavy (non-hydrogen) atoms. The number of morpholine rings is 1.